The first-order chi connectivity index (χ1) is 8.81. The first-order valence-electron chi connectivity index (χ1n) is 6.39. The number of hydrogen-bond donors (Lipinski definition) is 1. The lowest BCUT2D eigenvalue weighted by Gasteiger charge is -2.07. The van der Waals surface area contributed by atoms with Gasteiger partial charge in [0.25, 0.3) is 0 Å². The van der Waals surface area contributed by atoms with Crippen molar-refractivity contribution < 1.29 is 0 Å². The highest BCUT2D eigenvalue weighted by molar-refractivity contribution is 6.30. The van der Waals surface area contributed by atoms with E-state index in [0.29, 0.717) is 0 Å². The second-order valence-electron chi connectivity index (χ2n) is 4.87. The predicted octanol–water partition coefficient (Wildman–Crippen LogP) is 4.26. The summed E-state index contributed by atoms with van der Waals surface area (Å²) in [7, 11) is 0. The third-order valence-corrected chi connectivity index (χ3v) is 3.49. The summed E-state index contributed by atoms with van der Waals surface area (Å²) in [5.41, 5.74) is 3.74. The molecule has 1 fully saturated rings. The molecule has 1 aliphatic carbocycles. The van der Waals surface area contributed by atoms with E-state index in [4.69, 9.17) is 11.6 Å². The lowest BCUT2D eigenvalue weighted by molar-refractivity contribution is 0.688. The van der Waals surface area contributed by atoms with Crippen molar-refractivity contribution in [3.63, 3.8) is 0 Å². The fourth-order valence-corrected chi connectivity index (χ4v) is 2.27. The van der Waals surface area contributed by atoms with E-state index in [2.05, 4.69) is 35.6 Å². The monoisotopic (exact) mass is 257 g/mol. The second-order valence-corrected chi connectivity index (χ2v) is 5.30. The molecule has 0 atom stereocenters. The molecule has 1 saturated carbocycles. The van der Waals surface area contributed by atoms with Gasteiger partial charge in [-0.15, -0.1) is 0 Å². The Balaban J connectivity index is 1.80. The molecule has 0 heterocycles. The summed E-state index contributed by atoms with van der Waals surface area (Å²) >= 11 is 6.03. The molecule has 0 saturated heterocycles. The molecule has 0 aliphatic heterocycles. The van der Waals surface area contributed by atoms with Crippen molar-refractivity contribution >= 4 is 11.6 Å². The van der Waals surface area contributed by atoms with E-state index >= 15 is 0 Å². The van der Waals surface area contributed by atoms with E-state index < -0.39 is 0 Å². The van der Waals surface area contributed by atoms with Gasteiger partial charge in [-0.3, -0.25) is 0 Å². The van der Waals surface area contributed by atoms with Crippen LogP contribution in [0.5, 0.6) is 0 Å². The number of rotatable bonds is 4. The van der Waals surface area contributed by atoms with Gasteiger partial charge in [0.2, 0.25) is 0 Å². The fraction of sp³-hybridized carbons (Fsp3) is 0.250. The zero-order chi connectivity index (χ0) is 12.4. The molecule has 0 spiro atoms. The molecule has 92 valence electrons. The number of halogens is 1. The molecular formula is C16H16ClN. The van der Waals surface area contributed by atoms with Gasteiger partial charge in [0.05, 0.1) is 0 Å². The molecular weight excluding hydrogens is 242 g/mol. The SMILES string of the molecule is Clc1cccc(-c2cccc(CNC3CC3)c2)c1. The molecule has 0 unspecified atom stereocenters. The van der Waals surface area contributed by atoms with Crippen molar-refractivity contribution in [1.29, 1.82) is 0 Å². The summed E-state index contributed by atoms with van der Waals surface area (Å²) in [4.78, 5) is 0. The van der Waals surface area contributed by atoms with Crippen molar-refractivity contribution in [2.75, 3.05) is 0 Å². The van der Waals surface area contributed by atoms with E-state index in [1.54, 1.807) is 0 Å². The van der Waals surface area contributed by atoms with E-state index in [1.807, 2.05) is 18.2 Å². The molecule has 18 heavy (non-hydrogen) atoms. The lowest BCUT2D eigenvalue weighted by Crippen LogP contribution is -2.15. The summed E-state index contributed by atoms with van der Waals surface area (Å²) in [6.07, 6.45) is 2.65. The third kappa shape index (κ3) is 2.92. The zero-order valence-electron chi connectivity index (χ0n) is 10.2. The van der Waals surface area contributed by atoms with E-state index in [1.165, 1.54) is 29.5 Å². The number of hydrogen-bond acceptors (Lipinski definition) is 1. The van der Waals surface area contributed by atoms with Crippen LogP contribution in [0.2, 0.25) is 5.02 Å². The van der Waals surface area contributed by atoms with Gasteiger partial charge < -0.3 is 5.32 Å². The van der Waals surface area contributed by atoms with Gasteiger partial charge in [-0.2, -0.15) is 0 Å². The Labute approximate surface area is 113 Å². The summed E-state index contributed by atoms with van der Waals surface area (Å²) in [5.74, 6) is 0. The molecule has 0 radical (unpaired) electrons. The van der Waals surface area contributed by atoms with Crippen LogP contribution in [-0.2, 0) is 6.54 Å². The lowest BCUT2D eigenvalue weighted by atomic mass is 10.0. The molecule has 0 aromatic heterocycles. The zero-order valence-corrected chi connectivity index (χ0v) is 11.0. The van der Waals surface area contributed by atoms with Crippen molar-refractivity contribution in [3.8, 4) is 11.1 Å². The van der Waals surface area contributed by atoms with Crippen LogP contribution < -0.4 is 5.32 Å². The molecule has 1 nitrogen and oxygen atoms in total. The summed E-state index contributed by atoms with van der Waals surface area (Å²) in [5, 5.41) is 4.32. The molecule has 2 aromatic carbocycles. The van der Waals surface area contributed by atoms with E-state index in [9.17, 15) is 0 Å². The first kappa shape index (κ1) is 11.8. The molecule has 2 aromatic rings. The number of benzene rings is 2. The van der Waals surface area contributed by atoms with Crippen LogP contribution in [0.1, 0.15) is 18.4 Å². The summed E-state index contributed by atoms with van der Waals surface area (Å²) < 4.78 is 0. The Morgan fingerprint density at radius 3 is 2.44 bits per heavy atom. The molecule has 0 bridgehead atoms. The van der Waals surface area contributed by atoms with Crippen molar-refractivity contribution in [3.05, 3.63) is 59.1 Å². The molecule has 0 amide bonds. The third-order valence-electron chi connectivity index (χ3n) is 3.26. The Bertz CT molecular complexity index is 546. The first-order valence-corrected chi connectivity index (χ1v) is 6.77. The van der Waals surface area contributed by atoms with Gasteiger partial charge in [-0.05, 0) is 47.7 Å². The van der Waals surface area contributed by atoms with Crippen LogP contribution in [0, 0.1) is 0 Å². The van der Waals surface area contributed by atoms with Gasteiger partial charge >= 0.3 is 0 Å². The van der Waals surface area contributed by atoms with Gasteiger partial charge in [0.1, 0.15) is 0 Å². The minimum absolute atomic E-state index is 0.750. The van der Waals surface area contributed by atoms with Crippen LogP contribution in [-0.4, -0.2) is 6.04 Å². The maximum Gasteiger partial charge on any atom is 0.0412 e. The summed E-state index contributed by atoms with van der Waals surface area (Å²) in [6, 6.07) is 17.4. The van der Waals surface area contributed by atoms with Crippen LogP contribution >= 0.6 is 11.6 Å². The van der Waals surface area contributed by atoms with Crippen molar-refractivity contribution in [1.82, 2.24) is 5.32 Å². The Hall–Kier alpha value is -1.31. The minimum atomic E-state index is 0.750. The highest BCUT2D eigenvalue weighted by Gasteiger charge is 2.19. The normalized spacial score (nSPS) is 14.7. The predicted molar refractivity (Wildman–Crippen MR) is 76.7 cm³/mol. The average molecular weight is 258 g/mol. The Morgan fingerprint density at radius 2 is 1.72 bits per heavy atom. The molecule has 1 N–H and O–H groups in total. The van der Waals surface area contributed by atoms with Crippen LogP contribution in [0.3, 0.4) is 0 Å². The quantitative estimate of drug-likeness (QED) is 0.863. The summed E-state index contributed by atoms with van der Waals surface area (Å²) in [6.45, 7) is 0.957. The van der Waals surface area contributed by atoms with Gasteiger partial charge in [0.15, 0.2) is 0 Å². The maximum absolute atomic E-state index is 6.03. The standard InChI is InChI=1S/C16H16ClN/c17-15-6-2-5-14(10-15)13-4-1-3-12(9-13)11-18-16-7-8-16/h1-6,9-10,16,18H,7-8,11H2. The van der Waals surface area contributed by atoms with E-state index in [-0.39, 0.29) is 0 Å². The maximum atomic E-state index is 6.03. The minimum Gasteiger partial charge on any atom is -0.310 e. The molecule has 2 heteroatoms. The largest absolute Gasteiger partial charge is 0.310 e. The van der Waals surface area contributed by atoms with Crippen LogP contribution in [0.15, 0.2) is 48.5 Å². The number of nitrogens with one attached hydrogen (secondary N) is 1. The molecule has 3 rings (SSSR count). The molecule has 1 aliphatic rings. The topological polar surface area (TPSA) is 12.0 Å². The Morgan fingerprint density at radius 1 is 1.00 bits per heavy atom. The average Bonchev–Trinajstić information content (AvgIpc) is 3.21. The van der Waals surface area contributed by atoms with Crippen LogP contribution in [0.4, 0.5) is 0 Å². The van der Waals surface area contributed by atoms with E-state index in [0.717, 1.165) is 17.6 Å². The van der Waals surface area contributed by atoms with Crippen LogP contribution in [0.25, 0.3) is 11.1 Å². The van der Waals surface area contributed by atoms with Gasteiger partial charge in [0, 0.05) is 17.6 Å². The highest BCUT2D eigenvalue weighted by Crippen LogP contribution is 2.24. The highest BCUT2D eigenvalue weighted by atomic mass is 35.5. The fourth-order valence-electron chi connectivity index (χ4n) is 2.08. The van der Waals surface area contributed by atoms with Gasteiger partial charge in [-0.1, -0.05) is 41.9 Å². The smallest absolute Gasteiger partial charge is 0.0412 e. The van der Waals surface area contributed by atoms with Crippen molar-refractivity contribution in [2.24, 2.45) is 0 Å². The van der Waals surface area contributed by atoms with Crippen molar-refractivity contribution in [2.45, 2.75) is 25.4 Å². The Kier molecular flexibility index (Phi) is 3.35. The second kappa shape index (κ2) is 5.13. The van der Waals surface area contributed by atoms with Gasteiger partial charge in [-0.25, -0.2) is 0 Å².